The molecule has 3 unspecified atom stereocenters. The van der Waals surface area contributed by atoms with E-state index >= 15 is 0 Å². The average molecular weight is 276 g/mol. The maximum atomic E-state index is 12.6. The topological polar surface area (TPSA) is 32.3 Å². The third-order valence-corrected chi connectivity index (χ3v) is 4.63. The third-order valence-electron chi connectivity index (χ3n) is 4.63. The normalized spacial score (nSPS) is 34.4. The number of halogens is 3. The van der Waals surface area contributed by atoms with Crippen LogP contribution in [0.4, 0.5) is 13.2 Å². The smallest absolute Gasteiger partial charge is 0.329 e. The lowest BCUT2D eigenvalue weighted by Gasteiger charge is -2.28. The summed E-state index contributed by atoms with van der Waals surface area (Å²) >= 11 is 0. The average Bonchev–Trinajstić information content (AvgIpc) is 2.90. The van der Waals surface area contributed by atoms with Crippen LogP contribution in [0.2, 0.25) is 0 Å². The van der Waals surface area contributed by atoms with E-state index < -0.39 is 12.7 Å². The Morgan fingerprint density at radius 1 is 1.21 bits per heavy atom. The lowest BCUT2D eigenvalue weighted by atomic mass is 9.93. The Morgan fingerprint density at radius 2 is 1.95 bits per heavy atom. The lowest BCUT2D eigenvalue weighted by molar-refractivity contribution is -0.164. The molecule has 1 heterocycles. The van der Waals surface area contributed by atoms with Crippen LogP contribution in [0.3, 0.4) is 0 Å². The number of nitrogens with one attached hydrogen (secondary N) is 1. The van der Waals surface area contributed by atoms with Gasteiger partial charge in [0.25, 0.3) is 0 Å². The second-order valence-corrected chi connectivity index (χ2v) is 6.05. The van der Waals surface area contributed by atoms with Crippen LogP contribution in [0.5, 0.6) is 0 Å². The number of nitrogens with zero attached hydrogens (tertiary/aromatic N) is 1. The summed E-state index contributed by atoms with van der Waals surface area (Å²) in [7, 11) is 0. The molecule has 3 fully saturated rings. The molecule has 3 rings (SSSR count). The minimum Gasteiger partial charge on any atom is -0.329 e. The molecule has 2 aliphatic carbocycles. The summed E-state index contributed by atoms with van der Waals surface area (Å²) in [4.78, 5) is 13.5. The minimum absolute atomic E-state index is 0.184. The van der Waals surface area contributed by atoms with Crippen LogP contribution in [-0.2, 0) is 4.79 Å². The molecule has 1 saturated heterocycles. The van der Waals surface area contributed by atoms with E-state index in [0.717, 1.165) is 30.7 Å². The number of carbonyl (C=O) groups excluding carboxylic acids is 1. The zero-order chi connectivity index (χ0) is 13.6. The fourth-order valence-corrected chi connectivity index (χ4v) is 3.60. The van der Waals surface area contributed by atoms with E-state index in [1.807, 2.05) is 0 Å². The van der Waals surface area contributed by atoms with Crippen LogP contribution >= 0.6 is 0 Å². The number of amides is 1. The van der Waals surface area contributed by atoms with Crippen molar-refractivity contribution >= 4 is 5.91 Å². The third kappa shape index (κ3) is 2.73. The summed E-state index contributed by atoms with van der Waals surface area (Å²) in [5.41, 5.74) is 0. The molecule has 0 spiro atoms. The molecule has 0 radical (unpaired) electrons. The summed E-state index contributed by atoms with van der Waals surface area (Å²) < 4.78 is 37.8. The Kier molecular flexibility index (Phi) is 3.23. The first kappa shape index (κ1) is 13.2. The van der Waals surface area contributed by atoms with Crippen molar-refractivity contribution in [2.24, 2.45) is 11.8 Å². The highest BCUT2D eigenvalue weighted by molar-refractivity contribution is 5.83. The van der Waals surface area contributed by atoms with Gasteiger partial charge in [-0.3, -0.25) is 4.79 Å². The van der Waals surface area contributed by atoms with Crippen molar-refractivity contribution in [2.45, 2.75) is 50.4 Å². The summed E-state index contributed by atoms with van der Waals surface area (Å²) in [6, 6.07) is -0.563. The maximum Gasteiger partial charge on any atom is 0.406 e. The van der Waals surface area contributed by atoms with Gasteiger partial charge in [0.2, 0.25) is 5.91 Å². The Balaban J connectivity index is 1.70. The highest BCUT2D eigenvalue weighted by Gasteiger charge is 2.48. The van der Waals surface area contributed by atoms with Gasteiger partial charge in [-0.1, -0.05) is 6.42 Å². The first-order chi connectivity index (χ1) is 8.96. The number of alkyl halides is 3. The van der Waals surface area contributed by atoms with Gasteiger partial charge in [-0.15, -0.1) is 0 Å². The van der Waals surface area contributed by atoms with Crippen molar-refractivity contribution in [3.05, 3.63) is 0 Å². The van der Waals surface area contributed by atoms with E-state index in [-0.39, 0.29) is 23.9 Å². The van der Waals surface area contributed by atoms with Crippen LogP contribution in [0.15, 0.2) is 0 Å². The quantitative estimate of drug-likeness (QED) is 0.854. The van der Waals surface area contributed by atoms with Crippen molar-refractivity contribution in [1.29, 1.82) is 0 Å². The highest BCUT2D eigenvalue weighted by Crippen LogP contribution is 2.40. The van der Waals surface area contributed by atoms with Crippen LogP contribution in [0.25, 0.3) is 0 Å². The van der Waals surface area contributed by atoms with E-state index in [1.54, 1.807) is 0 Å². The monoisotopic (exact) mass is 276 g/mol. The van der Waals surface area contributed by atoms with Crippen LogP contribution in [0.1, 0.15) is 32.1 Å². The molecule has 3 nitrogen and oxygen atoms in total. The molecule has 0 aromatic heterocycles. The van der Waals surface area contributed by atoms with E-state index in [0.29, 0.717) is 18.8 Å². The van der Waals surface area contributed by atoms with Gasteiger partial charge in [0.15, 0.2) is 0 Å². The minimum atomic E-state index is -4.30. The molecular weight excluding hydrogens is 257 g/mol. The molecule has 0 bridgehead atoms. The standard InChI is InChI=1S/C13H19F3N2O/c14-13(15,16)7-18(9-4-5-9)12(19)11-10-3-1-2-8(10)6-17-11/h8-11,17H,1-7H2. The van der Waals surface area contributed by atoms with E-state index in [2.05, 4.69) is 5.32 Å². The molecule has 108 valence electrons. The van der Waals surface area contributed by atoms with Gasteiger partial charge in [0, 0.05) is 6.04 Å². The first-order valence-corrected chi connectivity index (χ1v) is 7.06. The Morgan fingerprint density at radius 3 is 2.58 bits per heavy atom. The van der Waals surface area contributed by atoms with Crippen molar-refractivity contribution in [2.75, 3.05) is 13.1 Å². The lowest BCUT2D eigenvalue weighted by Crippen LogP contribution is -2.50. The number of carbonyl (C=O) groups is 1. The zero-order valence-corrected chi connectivity index (χ0v) is 10.7. The van der Waals surface area contributed by atoms with E-state index in [9.17, 15) is 18.0 Å². The van der Waals surface area contributed by atoms with Gasteiger partial charge in [0.1, 0.15) is 6.54 Å². The Bertz CT molecular complexity index is 367. The number of hydrogen-bond acceptors (Lipinski definition) is 2. The molecule has 19 heavy (non-hydrogen) atoms. The van der Waals surface area contributed by atoms with Crippen molar-refractivity contribution in [3.8, 4) is 0 Å². The molecule has 0 aromatic carbocycles. The van der Waals surface area contributed by atoms with E-state index in [1.165, 1.54) is 0 Å². The molecule has 2 saturated carbocycles. The molecule has 0 aromatic rings. The summed E-state index contributed by atoms with van der Waals surface area (Å²) in [6.45, 7) is -0.308. The largest absolute Gasteiger partial charge is 0.406 e. The number of hydrogen-bond donors (Lipinski definition) is 1. The number of fused-ring (bicyclic) bond motifs is 1. The van der Waals surface area contributed by atoms with Gasteiger partial charge < -0.3 is 10.2 Å². The zero-order valence-electron chi connectivity index (χ0n) is 10.7. The molecule has 3 aliphatic rings. The van der Waals surface area contributed by atoms with Gasteiger partial charge in [-0.05, 0) is 44.1 Å². The first-order valence-electron chi connectivity index (χ1n) is 7.06. The molecular formula is C13H19F3N2O. The fraction of sp³-hybridized carbons (Fsp3) is 0.923. The second-order valence-electron chi connectivity index (χ2n) is 6.05. The Hall–Kier alpha value is -0.780. The SMILES string of the molecule is O=C(C1NCC2CCCC21)N(CC(F)(F)F)C1CC1. The molecule has 3 atom stereocenters. The van der Waals surface area contributed by atoms with Gasteiger partial charge in [-0.25, -0.2) is 0 Å². The van der Waals surface area contributed by atoms with Crippen LogP contribution < -0.4 is 5.32 Å². The summed E-state index contributed by atoms with van der Waals surface area (Å²) in [6.07, 6.45) is 0.295. The Labute approximate surface area is 110 Å². The molecule has 1 aliphatic heterocycles. The van der Waals surface area contributed by atoms with Crippen molar-refractivity contribution in [3.63, 3.8) is 0 Å². The van der Waals surface area contributed by atoms with Crippen LogP contribution in [0, 0.1) is 11.8 Å². The predicted molar refractivity (Wildman–Crippen MR) is 63.4 cm³/mol. The van der Waals surface area contributed by atoms with Gasteiger partial charge >= 0.3 is 6.18 Å². The molecule has 6 heteroatoms. The second kappa shape index (κ2) is 4.65. The molecule has 1 N–H and O–H groups in total. The molecule has 1 amide bonds. The summed E-state index contributed by atoms with van der Waals surface area (Å²) in [5.74, 6) is 0.414. The number of rotatable bonds is 3. The van der Waals surface area contributed by atoms with Crippen molar-refractivity contribution < 1.29 is 18.0 Å². The maximum absolute atomic E-state index is 12.6. The predicted octanol–water partition coefficient (Wildman–Crippen LogP) is 1.93. The highest BCUT2D eigenvalue weighted by atomic mass is 19.4. The fourth-order valence-electron chi connectivity index (χ4n) is 3.60. The summed E-state index contributed by atoms with van der Waals surface area (Å²) in [5, 5.41) is 3.15. The van der Waals surface area contributed by atoms with Gasteiger partial charge in [-0.2, -0.15) is 13.2 Å². The van der Waals surface area contributed by atoms with E-state index in [4.69, 9.17) is 0 Å². The van der Waals surface area contributed by atoms with Crippen LogP contribution in [-0.4, -0.2) is 42.2 Å². The van der Waals surface area contributed by atoms with Crippen molar-refractivity contribution in [1.82, 2.24) is 10.2 Å². The van der Waals surface area contributed by atoms with Gasteiger partial charge in [0.05, 0.1) is 6.04 Å².